The molecule has 86 valence electrons. The topological polar surface area (TPSA) is 37.3 Å². The standard InChI is InChI=1S/C13H22O2/c1-2-3-4-5-6-7-8-9-10-11-12-13(14)15/h2-3,6-12H2,1H3,(H,14,15). The predicted molar refractivity (Wildman–Crippen MR) is 62.6 cm³/mol. The molecule has 0 aromatic rings. The zero-order chi connectivity index (χ0) is 11.4. The van der Waals surface area contributed by atoms with Gasteiger partial charge in [-0.15, -0.1) is 11.8 Å². The van der Waals surface area contributed by atoms with Crippen molar-refractivity contribution in [2.45, 2.75) is 64.7 Å². The predicted octanol–water partition coefficient (Wildman–Crippen LogP) is 3.61. The van der Waals surface area contributed by atoms with Gasteiger partial charge in [0.15, 0.2) is 0 Å². The Balaban J connectivity index is 3.06. The van der Waals surface area contributed by atoms with Gasteiger partial charge in [-0.1, -0.05) is 26.2 Å². The first-order valence-electron chi connectivity index (χ1n) is 5.95. The first kappa shape index (κ1) is 14.0. The maximum atomic E-state index is 10.2. The van der Waals surface area contributed by atoms with E-state index in [-0.39, 0.29) is 0 Å². The zero-order valence-corrected chi connectivity index (χ0v) is 9.72. The summed E-state index contributed by atoms with van der Waals surface area (Å²) >= 11 is 0. The van der Waals surface area contributed by atoms with Crippen LogP contribution in [0.15, 0.2) is 0 Å². The number of carboxylic acids is 1. The van der Waals surface area contributed by atoms with Crippen molar-refractivity contribution in [2.75, 3.05) is 0 Å². The number of unbranched alkanes of at least 4 members (excludes halogenated alkanes) is 6. The van der Waals surface area contributed by atoms with E-state index >= 15 is 0 Å². The van der Waals surface area contributed by atoms with Crippen LogP contribution in [-0.2, 0) is 4.79 Å². The van der Waals surface area contributed by atoms with Gasteiger partial charge in [0, 0.05) is 19.3 Å². The first-order chi connectivity index (χ1) is 7.27. The van der Waals surface area contributed by atoms with E-state index in [1.54, 1.807) is 0 Å². The Morgan fingerprint density at radius 3 is 2.27 bits per heavy atom. The summed E-state index contributed by atoms with van der Waals surface area (Å²) in [7, 11) is 0. The number of carbonyl (C=O) groups is 1. The molecule has 0 fully saturated rings. The Morgan fingerprint density at radius 2 is 1.60 bits per heavy atom. The minimum absolute atomic E-state index is 0.316. The molecule has 0 bridgehead atoms. The molecule has 0 rings (SSSR count). The van der Waals surface area contributed by atoms with Crippen molar-refractivity contribution in [2.24, 2.45) is 0 Å². The fraction of sp³-hybridized carbons (Fsp3) is 0.769. The fourth-order valence-electron chi connectivity index (χ4n) is 1.32. The maximum Gasteiger partial charge on any atom is 0.303 e. The monoisotopic (exact) mass is 210 g/mol. The second-order valence-corrected chi connectivity index (χ2v) is 3.77. The number of aliphatic carboxylic acids is 1. The lowest BCUT2D eigenvalue weighted by Gasteiger charge is -1.97. The largest absolute Gasteiger partial charge is 0.481 e. The minimum atomic E-state index is -0.680. The van der Waals surface area contributed by atoms with Gasteiger partial charge in [0.25, 0.3) is 0 Å². The summed E-state index contributed by atoms with van der Waals surface area (Å²) < 4.78 is 0. The van der Waals surface area contributed by atoms with E-state index in [1.165, 1.54) is 6.42 Å². The zero-order valence-electron chi connectivity index (χ0n) is 9.72. The molecule has 0 aromatic carbocycles. The molecule has 0 aliphatic heterocycles. The number of rotatable bonds is 8. The highest BCUT2D eigenvalue weighted by Crippen LogP contribution is 2.06. The highest BCUT2D eigenvalue weighted by Gasteiger charge is 1.95. The summed E-state index contributed by atoms with van der Waals surface area (Å²) in [5, 5.41) is 8.42. The molecule has 0 aliphatic carbocycles. The molecule has 0 amide bonds. The molecule has 0 radical (unpaired) electrons. The third kappa shape index (κ3) is 13.0. The molecule has 0 heterocycles. The van der Waals surface area contributed by atoms with Crippen molar-refractivity contribution in [1.82, 2.24) is 0 Å². The van der Waals surface area contributed by atoms with Crippen LogP contribution >= 0.6 is 0 Å². The van der Waals surface area contributed by atoms with E-state index in [9.17, 15) is 4.79 Å². The third-order valence-electron chi connectivity index (χ3n) is 2.19. The number of hydrogen-bond acceptors (Lipinski definition) is 1. The summed E-state index contributed by atoms with van der Waals surface area (Å²) in [5.74, 6) is 5.60. The van der Waals surface area contributed by atoms with Crippen molar-refractivity contribution in [3.8, 4) is 11.8 Å². The molecule has 0 unspecified atom stereocenters. The van der Waals surface area contributed by atoms with Gasteiger partial charge in [0.05, 0.1) is 0 Å². The minimum Gasteiger partial charge on any atom is -0.481 e. The summed E-state index contributed by atoms with van der Waals surface area (Å²) in [4.78, 5) is 10.2. The van der Waals surface area contributed by atoms with Crippen molar-refractivity contribution in [3.05, 3.63) is 0 Å². The molecule has 0 spiro atoms. The van der Waals surface area contributed by atoms with Crippen molar-refractivity contribution < 1.29 is 9.90 Å². The van der Waals surface area contributed by atoms with Crippen LogP contribution in [0.2, 0.25) is 0 Å². The van der Waals surface area contributed by atoms with Gasteiger partial charge in [-0.3, -0.25) is 4.79 Å². The van der Waals surface area contributed by atoms with Gasteiger partial charge in [-0.05, 0) is 19.3 Å². The van der Waals surface area contributed by atoms with Crippen molar-refractivity contribution in [3.63, 3.8) is 0 Å². The van der Waals surface area contributed by atoms with E-state index in [2.05, 4.69) is 18.8 Å². The van der Waals surface area contributed by atoms with Gasteiger partial charge in [0.2, 0.25) is 0 Å². The van der Waals surface area contributed by atoms with Crippen LogP contribution in [0.5, 0.6) is 0 Å². The van der Waals surface area contributed by atoms with Crippen molar-refractivity contribution in [1.29, 1.82) is 0 Å². The molecular formula is C13H22O2. The second kappa shape index (κ2) is 11.1. The molecule has 0 aromatic heterocycles. The lowest BCUT2D eigenvalue weighted by Crippen LogP contribution is -1.93. The van der Waals surface area contributed by atoms with E-state index in [4.69, 9.17) is 5.11 Å². The van der Waals surface area contributed by atoms with Crippen molar-refractivity contribution >= 4 is 5.97 Å². The highest BCUT2D eigenvalue weighted by atomic mass is 16.4. The summed E-state index contributed by atoms with van der Waals surface area (Å²) in [6.07, 6.45) is 8.80. The lowest BCUT2D eigenvalue weighted by atomic mass is 10.1. The Hall–Kier alpha value is -0.970. The van der Waals surface area contributed by atoms with Crippen LogP contribution in [-0.4, -0.2) is 11.1 Å². The molecule has 0 aliphatic rings. The van der Waals surface area contributed by atoms with Crippen LogP contribution in [0, 0.1) is 11.8 Å². The Kier molecular flexibility index (Phi) is 10.4. The van der Waals surface area contributed by atoms with Crippen LogP contribution in [0.3, 0.4) is 0 Å². The summed E-state index contributed by atoms with van der Waals surface area (Å²) in [6.45, 7) is 2.14. The SMILES string of the molecule is CCCC#CCCCCCCCC(=O)O. The van der Waals surface area contributed by atoms with Gasteiger partial charge >= 0.3 is 5.97 Å². The molecule has 0 atom stereocenters. The lowest BCUT2D eigenvalue weighted by molar-refractivity contribution is -0.137. The average Bonchev–Trinajstić information content (AvgIpc) is 2.20. The van der Waals surface area contributed by atoms with Gasteiger partial charge in [-0.25, -0.2) is 0 Å². The molecule has 2 nitrogen and oxygen atoms in total. The second-order valence-electron chi connectivity index (χ2n) is 3.77. The molecule has 0 saturated carbocycles. The number of hydrogen-bond donors (Lipinski definition) is 1. The van der Waals surface area contributed by atoms with Crippen LogP contribution in [0.25, 0.3) is 0 Å². The van der Waals surface area contributed by atoms with Gasteiger partial charge in [0.1, 0.15) is 0 Å². The highest BCUT2D eigenvalue weighted by molar-refractivity contribution is 5.66. The molecule has 15 heavy (non-hydrogen) atoms. The van der Waals surface area contributed by atoms with Gasteiger partial charge < -0.3 is 5.11 Å². The third-order valence-corrected chi connectivity index (χ3v) is 2.19. The van der Waals surface area contributed by atoms with E-state index < -0.39 is 5.97 Å². The van der Waals surface area contributed by atoms with E-state index in [1.807, 2.05) is 0 Å². The number of carboxylic acid groups (broad SMARTS) is 1. The van der Waals surface area contributed by atoms with E-state index in [0.29, 0.717) is 6.42 Å². The summed E-state index contributed by atoms with van der Waals surface area (Å²) in [6, 6.07) is 0. The molecular weight excluding hydrogens is 188 g/mol. The first-order valence-corrected chi connectivity index (χ1v) is 5.95. The average molecular weight is 210 g/mol. The Bertz CT molecular complexity index is 210. The quantitative estimate of drug-likeness (QED) is 0.491. The maximum absolute atomic E-state index is 10.2. The van der Waals surface area contributed by atoms with Crippen LogP contribution in [0.1, 0.15) is 64.7 Å². The Morgan fingerprint density at radius 1 is 1.00 bits per heavy atom. The fourth-order valence-corrected chi connectivity index (χ4v) is 1.32. The Labute approximate surface area is 93.1 Å². The van der Waals surface area contributed by atoms with Gasteiger partial charge in [-0.2, -0.15) is 0 Å². The molecule has 2 heteroatoms. The van der Waals surface area contributed by atoms with Crippen LogP contribution < -0.4 is 0 Å². The normalized spacial score (nSPS) is 9.40. The van der Waals surface area contributed by atoms with E-state index in [0.717, 1.165) is 44.9 Å². The molecule has 0 saturated heterocycles. The molecule has 1 N–H and O–H groups in total. The van der Waals surface area contributed by atoms with Crippen LogP contribution in [0.4, 0.5) is 0 Å². The summed E-state index contributed by atoms with van der Waals surface area (Å²) in [5.41, 5.74) is 0. The smallest absolute Gasteiger partial charge is 0.303 e.